The molecule has 27 heavy (non-hydrogen) atoms. The fourth-order valence-electron chi connectivity index (χ4n) is 3.13. The highest BCUT2D eigenvalue weighted by Gasteiger charge is 2.15. The molecule has 1 aliphatic rings. The lowest BCUT2D eigenvalue weighted by molar-refractivity contribution is -0.0119. The molecule has 1 aromatic carbocycles. The number of ether oxygens (including phenoxy) is 2. The molecule has 1 saturated heterocycles. The maximum atomic E-state index is 5.83. The van der Waals surface area contributed by atoms with Gasteiger partial charge in [-0.15, -0.1) is 0 Å². The van der Waals surface area contributed by atoms with E-state index in [4.69, 9.17) is 9.47 Å². The first-order valence-corrected chi connectivity index (χ1v) is 9.39. The lowest BCUT2D eigenvalue weighted by Gasteiger charge is -2.22. The normalized spacial score (nSPS) is 16.9. The van der Waals surface area contributed by atoms with Crippen molar-refractivity contribution in [3.63, 3.8) is 0 Å². The van der Waals surface area contributed by atoms with Gasteiger partial charge < -0.3 is 9.47 Å². The molecule has 1 aliphatic heterocycles. The molecule has 5 nitrogen and oxygen atoms in total. The number of aromatic nitrogens is 3. The monoisotopic (exact) mass is 361 g/mol. The minimum absolute atomic E-state index is 0.166. The van der Waals surface area contributed by atoms with Gasteiger partial charge in [-0.1, -0.05) is 30.3 Å². The van der Waals surface area contributed by atoms with Crippen LogP contribution in [0.1, 0.15) is 25.0 Å². The summed E-state index contributed by atoms with van der Waals surface area (Å²) in [5, 5.41) is 0. The molecular formula is C22H23N3O2. The van der Waals surface area contributed by atoms with Crippen LogP contribution in [0, 0.1) is 6.92 Å². The number of aryl methyl sites for hydroxylation is 1. The summed E-state index contributed by atoms with van der Waals surface area (Å²) < 4.78 is 11.5. The van der Waals surface area contributed by atoms with E-state index in [1.165, 1.54) is 6.42 Å². The standard InChI is InChI=1S/C22H23N3O2/c1-16-5-6-19(14-24-16)17-7-9-18(10-8-17)22-23-12-11-21(25-22)27-15-20-4-2-3-13-26-20/h5-12,14,20H,2-4,13,15H2,1H3/t20-/m1/s1. The van der Waals surface area contributed by atoms with Gasteiger partial charge in [-0.2, -0.15) is 4.98 Å². The van der Waals surface area contributed by atoms with Crippen molar-refractivity contribution in [2.45, 2.75) is 32.3 Å². The summed E-state index contributed by atoms with van der Waals surface area (Å²) in [6.45, 7) is 3.35. The van der Waals surface area contributed by atoms with Gasteiger partial charge in [0, 0.05) is 41.9 Å². The molecule has 4 rings (SSSR count). The second-order valence-corrected chi connectivity index (χ2v) is 6.78. The minimum atomic E-state index is 0.166. The lowest BCUT2D eigenvalue weighted by atomic mass is 10.1. The third-order valence-corrected chi connectivity index (χ3v) is 4.71. The largest absolute Gasteiger partial charge is 0.475 e. The van der Waals surface area contributed by atoms with Crippen LogP contribution in [-0.4, -0.2) is 34.3 Å². The van der Waals surface area contributed by atoms with Crippen molar-refractivity contribution < 1.29 is 9.47 Å². The van der Waals surface area contributed by atoms with E-state index >= 15 is 0 Å². The quantitative estimate of drug-likeness (QED) is 0.671. The fraction of sp³-hybridized carbons (Fsp3) is 0.318. The van der Waals surface area contributed by atoms with Crippen molar-refractivity contribution in [3.05, 3.63) is 60.6 Å². The van der Waals surface area contributed by atoms with Crippen LogP contribution in [0.3, 0.4) is 0 Å². The molecule has 1 fully saturated rings. The van der Waals surface area contributed by atoms with Crippen LogP contribution in [0.25, 0.3) is 22.5 Å². The van der Waals surface area contributed by atoms with Crippen LogP contribution < -0.4 is 4.74 Å². The molecule has 3 heterocycles. The molecule has 0 unspecified atom stereocenters. The van der Waals surface area contributed by atoms with Crippen LogP contribution >= 0.6 is 0 Å². The van der Waals surface area contributed by atoms with E-state index in [9.17, 15) is 0 Å². The first kappa shape index (κ1) is 17.6. The van der Waals surface area contributed by atoms with E-state index < -0.39 is 0 Å². The molecule has 138 valence electrons. The zero-order valence-electron chi connectivity index (χ0n) is 15.5. The second-order valence-electron chi connectivity index (χ2n) is 6.78. The third-order valence-electron chi connectivity index (χ3n) is 4.71. The highest BCUT2D eigenvalue weighted by atomic mass is 16.5. The van der Waals surface area contributed by atoms with E-state index in [1.54, 1.807) is 12.3 Å². The zero-order valence-corrected chi connectivity index (χ0v) is 15.5. The van der Waals surface area contributed by atoms with Crippen LogP contribution in [0.2, 0.25) is 0 Å². The number of benzene rings is 1. The summed E-state index contributed by atoms with van der Waals surface area (Å²) in [5.41, 5.74) is 4.18. The molecule has 5 heteroatoms. The van der Waals surface area contributed by atoms with Crippen molar-refractivity contribution in [2.75, 3.05) is 13.2 Å². The number of nitrogens with zero attached hydrogens (tertiary/aromatic N) is 3. The van der Waals surface area contributed by atoms with E-state index in [2.05, 4.69) is 33.2 Å². The van der Waals surface area contributed by atoms with Crippen LogP contribution in [-0.2, 0) is 4.74 Å². The maximum Gasteiger partial charge on any atom is 0.216 e. The maximum absolute atomic E-state index is 5.83. The average Bonchev–Trinajstić information content (AvgIpc) is 2.74. The minimum Gasteiger partial charge on any atom is -0.475 e. The molecule has 0 bridgehead atoms. The number of hydrogen-bond acceptors (Lipinski definition) is 5. The molecule has 1 atom stereocenters. The van der Waals surface area contributed by atoms with Gasteiger partial charge in [0.1, 0.15) is 6.61 Å². The average molecular weight is 361 g/mol. The summed E-state index contributed by atoms with van der Waals surface area (Å²) in [6, 6.07) is 14.1. The summed E-state index contributed by atoms with van der Waals surface area (Å²) in [7, 11) is 0. The highest BCUT2D eigenvalue weighted by molar-refractivity contribution is 5.67. The Balaban J connectivity index is 1.45. The Morgan fingerprint density at radius 1 is 0.963 bits per heavy atom. The summed E-state index contributed by atoms with van der Waals surface area (Å²) in [5.74, 6) is 1.24. The Kier molecular flexibility index (Phi) is 5.39. The summed E-state index contributed by atoms with van der Waals surface area (Å²) in [4.78, 5) is 13.3. The smallest absolute Gasteiger partial charge is 0.216 e. The van der Waals surface area contributed by atoms with Gasteiger partial charge in [0.2, 0.25) is 5.88 Å². The Bertz CT molecular complexity index is 873. The van der Waals surface area contributed by atoms with E-state index in [1.807, 2.05) is 31.3 Å². The molecule has 0 spiro atoms. The van der Waals surface area contributed by atoms with E-state index in [-0.39, 0.29) is 6.10 Å². The molecular weight excluding hydrogens is 338 g/mol. The fourth-order valence-corrected chi connectivity index (χ4v) is 3.13. The molecule has 0 saturated carbocycles. The van der Waals surface area contributed by atoms with Gasteiger partial charge in [0.05, 0.1) is 6.10 Å². The van der Waals surface area contributed by atoms with Crippen molar-refractivity contribution >= 4 is 0 Å². The van der Waals surface area contributed by atoms with Crippen molar-refractivity contribution in [2.24, 2.45) is 0 Å². The number of hydrogen-bond donors (Lipinski definition) is 0. The zero-order chi connectivity index (χ0) is 18.5. The predicted molar refractivity (Wildman–Crippen MR) is 105 cm³/mol. The van der Waals surface area contributed by atoms with Gasteiger partial charge in [0.15, 0.2) is 5.82 Å². The topological polar surface area (TPSA) is 57.1 Å². The Morgan fingerprint density at radius 2 is 1.78 bits per heavy atom. The first-order chi connectivity index (χ1) is 13.3. The number of rotatable bonds is 5. The molecule has 0 radical (unpaired) electrons. The van der Waals surface area contributed by atoms with Gasteiger partial charge in [-0.25, -0.2) is 4.98 Å². The van der Waals surface area contributed by atoms with E-state index in [0.717, 1.165) is 41.8 Å². The van der Waals surface area contributed by atoms with Gasteiger partial charge >= 0.3 is 0 Å². The molecule has 3 aromatic rings. The lowest BCUT2D eigenvalue weighted by Crippen LogP contribution is -2.26. The summed E-state index contributed by atoms with van der Waals surface area (Å²) in [6.07, 6.45) is 7.18. The van der Waals surface area contributed by atoms with Gasteiger partial charge in [0.25, 0.3) is 0 Å². The van der Waals surface area contributed by atoms with Crippen LogP contribution in [0.4, 0.5) is 0 Å². The third kappa shape index (κ3) is 4.49. The molecule has 2 aromatic heterocycles. The van der Waals surface area contributed by atoms with Crippen molar-refractivity contribution in [1.29, 1.82) is 0 Å². The molecule has 0 aliphatic carbocycles. The number of pyridine rings is 1. The van der Waals surface area contributed by atoms with Crippen LogP contribution in [0.5, 0.6) is 5.88 Å². The second kappa shape index (κ2) is 8.27. The van der Waals surface area contributed by atoms with Gasteiger partial charge in [-0.3, -0.25) is 4.98 Å². The predicted octanol–water partition coefficient (Wildman–Crippen LogP) is 4.46. The Labute approximate surface area is 159 Å². The highest BCUT2D eigenvalue weighted by Crippen LogP contribution is 2.24. The Hall–Kier alpha value is -2.79. The van der Waals surface area contributed by atoms with Gasteiger partial charge in [-0.05, 0) is 37.8 Å². The van der Waals surface area contributed by atoms with Crippen molar-refractivity contribution in [1.82, 2.24) is 15.0 Å². The Morgan fingerprint density at radius 3 is 2.52 bits per heavy atom. The summed E-state index contributed by atoms with van der Waals surface area (Å²) >= 11 is 0. The molecule has 0 N–H and O–H groups in total. The van der Waals surface area contributed by atoms with Crippen molar-refractivity contribution in [3.8, 4) is 28.4 Å². The molecule has 0 amide bonds. The van der Waals surface area contributed by atoms with Crippen LogP contribution in [0.15, 0.2) is 54.9 Å². The first-order valence-electron chi connectivity index (χ1n) is 9.39. The van der Waals surface area contributed by atoms with E-state index in [0.29, 0.717) is 18.3 Å². The SMILES string of the molecule is Cc1ccc(-c2ccc(-c3nccc(OC[C@H]4CCCCO4)n3)cc2)cn1.